The number of hydrogen-bond donors (Lipinski definition) is 0. The van der Waals surface area contributed by atoms with E-state index in [1.54, 1.807) is 0 Å². The Morgan fingerprint density at radius 3 is 2.62 bits per heavy atom. The Labute approximate surface area is 106 Å². The molecule has 2 aromatic rings. The Morgan fingerprint density at radius 1 is 1.19 bits per heavy atom. The molecule has 1 heterocycles. The van der Waals surface area contributed by atoms with Crippen LogP contribution in [0.25, 0.3) is 0 Å². The van der Waals surface area contributed by atoms with Gasteiger partial charge >= 0.3 is 0 Å². The number of hydrogen-bond acceptors (Lipinski definition) is 4. The summed E-state index contributed by atoms with van der Waals surface area (Å²) >= 11 is 2.21. The molecular weight excluding hydrogens is 317 g/mol. The van der Waals surface area contributed by atoms with Crippen LogP contribution in [-0.4, -0.2) is 9.97 Å². The van der Waals surface area contributed by atoms with Crippen molar-refractivity contribution in [2.75, 3.05) is 0 Å². The molecule has 0 aliphatic rings. The molecule has 0 radical (unpaired) electrons. The largest absolute Gasteiger partial charge is 0.439 e. The van der Waals surface area contributed by atoms with Gasteiger partial charge in [-0.15, -0.1) is 0 Å². The fourth-order valence-electron chi connectivity index (χ4n) is 1.08. The lowest BCUT2D eigenvalue weighted by atomic mass is 10.3. The first-order chi connectivity index (χ1) is 7.78. The third-order valence-corrected chi connectivity index (χ3v) is 2.51. The minimum atomic E-state index is 0.288. The highest BCUT2D eigenvalue weighted by molar-refractivity contribution is 14.1. The van der Waals surface area contributed by atoms with Crippen molar-refractivity contribution in [2.24, 2.45) is 0 Å². The van der Waals surface area contributed by atoms with Gasteiger partial charge in [-0.05, 0) is 46.9 Å². The second-order valence-corrected chi connectivity index (χ2v) is 4.15. The summed E-state index contributed by atoms with van der Waals surface area (Å²) in [7, 11) is 0. The van der Waals surface area contributed by atoms with Crippen LogP contribution in [0.3, 0.4) is 0 Å². The molecule has 0 aliphatic carbocycles. The minimum absolute atomic E-state index is 0.288. The summed E-state index contributed by atoms with van der Waals surface area (Å²) in [5, 5.41) is 8.67. The van der Waals surface area contributed by atoms with Crippen LogP contribution in [0.2, 0.25) is 0 Å². The highest BCUT2D eigenvalue weighted by Gasteiger charge is 2.00. The van der Waals surface area contributed by atoms with Crippen LogP contribution >= 0.6 is 22.6 Å². The summed E-state index contributed by atoms with van der Waals surface area (Å²) in [4.78, 5) is 7.68. The van der Waals surface area contributed by atoms with Crippen molar-refractivity contribution in [3.05, 3.63) is 45.9 Å². The first kappa shape index (κ1) is 10.8. The van der Waals surface area contributed by atoms with E-state index in [1.165, 1.54) is 12.4 Å². The van der Waals surface area contributed by atoms with E-state index >= 15 is 0 Å². The molecule has 0 unspecified atom stereocenters. The van der Waals surface area contributed by atoms with Crippen molar-refractivity contribution in [3.8, 4) is 17.7 Å². The van der Waals surface area contributed by atoms with Crippen LogP contribution in [0.15, 0.2) is 36.7 Å². The highest BCUT2D eigenvalue weighted by Crippen LogP contribution is 2.20. The van der Waals surface area contributed by atoms with Gasteiger partial charge in [0.15, 0.2) is 0 Å². The summed E-state index contributed by atoms with van der Waals surface area (Å²) in [6.45, 7) is 0. The summed E-state index contributed by atoms with van der Waals surface area (Å²) in [5.74, 6) is 1.05. The van der Waals surface area contributed by atoms with Crippen molar-refractivity contribution in [2.45, 2.75) is 0 Å². The van der Waals surface area contributed by atoms with Crippen molar-refractivity contribution in [1.29, 1.82) is 5.26 Å². The van der Waals surface area contributed by atoms with E-state index in [-0.39, 0.29) is 5.69 Å². The number of nitriles is 1. The molecule has 2 rings (SSSR count). The van der Waals surface area contributed by atoms with Crippen LogP contribution in [0.1, 0.15) is 5.69 Å². The Bertz CT molecular complexity index is 534. The van der Waals surface area contributed by atoms with Crippen molar-refractivity contribution in [1.82, 2.24) is 9.97 Å². The number of halogens is 1. The van der Waals surface area contributed by atoms with E-state index in [4.69, 9.17) is 10.00 Å². The Hall–Kier alpha value is -1.68. The van der Waals surface area contributed by atoms with Gasteiger partial charge in [-0.2, -0.15) is 5.26 Å². The molecule has 78 valence electrons. The van der Waals surface area contributed by atoms with Gasteiger partial charge in [0.25, 0.3) is 0 Å². The van der Waals surface area contributed by atoms with Crippen molar-refractivity contribution in [3.63, 3.8) is 0 Å². The number of benzene rings is 1. The van der Waals surface area contributed by atoms with Gasteiger partial charge in [-0.1, -0.05) is 0 Å². The molecular formula is C11H6IN3O. The first-order valence-corrected chi connectivity index (χ1v) is 5.51. The van der Waals surface area contributed by atoms with E-state index in [2.05, 4.69) is 32.6 Å². The molecule has 0 bridgehead atoms. The molecule has 1 aromatic heterocycles. The summed E-state index contributed by atoms with van der Waals surface area (Å²) in [5.41, 5.74) is 0.288. The summed E-state index contributed by atoms with van der Waals surface area (Å²) in [6, 6.07) is 11.0. The third kappa shape index (κ3) is 2.67. The van der Waals surface area contributed by atoms with E-state index in [0.717, 1.165) is 3.57 Å². The topological polar surface area (TPSA) is 58.8 Å². The fraction of sp³-hybridized carbons (Fsp3) is 0. The number of ether oxygens (including phenoxy) is 1. The van der Waals surface area contributed by atoms with Crippen molar-refractivity contribution < 1.29 is 4.74 Å². The van der Waals surface area contributed by atoms with E-state index in [0.29, 0.717) is 11.6 Å². The molecule has 0 amide bonds. The van der Waals surface area contributed by atoms with Crippen LogP contribution < -0.4 is 4.74 Å². The monoisotopic (exact) mass is 323 g/mol. The van der Waals surface area contributed by atoms with E-state index < -0.39 is 0 Å². The van der Waals surface area contributed by atoms with Crippen LogP contribution in [0, 0.1) is 14.9 Å². The number of aromatic nitrogens is 2. The van der Waals surface area contributed by atoms with Gasteiger partial charge in [-0.3, -0.25) is 0 Å². The van der Waals surface area contributed by atoms with Crippen LogP contribution in [-0.2, 0) is 0 Å². The maximum absolute atomic E-state index is 8.67. The quantitative estimate of drug-likeness (QED) is 0.798. The fourth-order valence-corrected chi connectivity index (χ4v) is 1.44. The number of rotatable bonds is 2. The van der Waals surface area contributed by atoms with Gasteiger partial charge < -0.3 is 4.74 Å². The Balaban J connectivity index is 2.21. The molecule has 5 heteroatoms. The average molecular weight is 323 g/mol. The number of nitrogens with zero attached hydrogens (tertiary/aromatic N) is 3. The first-order valence-electron chi connectivity index (χ1n) is 4.43. The van der Waals surface area contributed by atoms with Gasteiger partial charge in [-0.25, -0.2) is 9.97 Å². The molecule has 0 atom stereocenters. The molecule has 0 spiro atoms. The molecule has 0 N–H and O–H groups in total. The second-order valence-electron chi connectivity index (χ2n) is 2.91. The van der Waals surface area contributed by atoms with Gasteiger partial charge in [0, 0.05) is 9.64 Å². The Morgan fingerprint density at radius 2 is 1.94 bits per heavy atom. The molecule has 0 saturated carbocycles. The summed E-state index contributed by atoms with van der Waals surface area (Å²) in [6.07, 6.45) is 1.31. The molecule has 1 aromatic carbocycles. The minimum Gasteiger partial charge on any atom is -0.439 e. The van der Waals surface area contributed by atoms with Crippen molar-refractivity contribution >= 4 is 22.6 Å². The lowest BCUT2D eigenvalue weighted by molar-refractivity contribution is 0.461. The zero-order chi connectivity index (χ0) is 11.4. The predicted octanol–water partition coefficient (Wildman–Crippen LogP) is 2.75. The molecule has 0 aliphatic heterocycles. The highest BCUT2D eigenvalue weighted by atomic mass is 127. The van der Waals surface area contributed by atoms with Crippen LogP contribution in [0.4, 0.5) is 0 Å². The second kappa shape index (κ2) is 4.90. The zero-order valence-corrected chi connectivity index (χ0v) is 10.2. The molecule has 0 saturated heterocycles. The summed E-state index contributed by atoms with van der Waals surface area (Å²) < 4.78 is 6.60. The smallest absolute Gasteiger partial charge is 0.223 e. The normalized spacial score (nSPS) is 9.50. The zero-order valence-electron chi connectivity index (χ0n) is 8.09. The van der Waals surface area contributed by atoms with Gasteiger partial charge in [0.2, 0.25) is 5.88 Å². The standard InChI is InChI=1S/C11H6IN3O/c12-8-1-3-10(4-2-8)16-11-5-9(6-13)14-7-15-11/h1-5,7H. The van der Waals surface area contributed by atoms with Gasteiger partial charge in [0.1, 0.15) is 23.8 Å². The van der Waals surface area contributed by atoms with Crippen LogP contribution in [0.5, 0.6) is 11.6 Å². The third-order valence-electron chi connectivity index (χ3n) is 1.79. The lowest BCUT2D eigenvalue weighted by Crippen LogP contribution is -1.90. The maximum Gasteiger partial charge on any atom is 0.223 e. The SMILES string of the molecule is N#Cc1cc(Oc2ccc(I)cc2)ncn1. The molecule has 16 heavy (non-hydrogen) atoms. The maximum atomic E-state index is 8.67. The Kier molecular flexibility index (Phi) is 3.31. The average Bonchev–Trinajstić information content (AvgIpc) is 2.32. The molecule has 4 nitrogen and oxygen atoms in total. The lowest BCUT2D eigenvalue weighted by Gasteiger charge is -2.03. The van der Waals surface area contributed by atoms with E-state index in [1.807, 2.05) is 30.3 Å². The molecule has 0 fully saturated rings. The van der Waals surface area contributed by atoms with E-state index in [9.17, 15) is 0 Å². The van der Waals surface area contributed by atoms with Gasteiger partial charge in [0.05, 0.1) is 0 Å². The predicted molar refractivity (Wildman–Crippen MR) is 66.0 cm³/mol.